The second kappa shape index (κ2) is 3.12. The van der Waals surface area contributed by atoms with E-state index in [4.69, 9.17) is 4.42 Å². The Kier molecular flexibility index (Phi) is 1.78. The second-order valence-corrected chi connectivity index (χ2v) is 3.92. The van der Waals surface area contributed by atoms with E-state index in [9.17, 15) is 4.79 Å². The van der Waals surface area contributed by atoms with Crippen LogP contribution in [0.3, 0.4) is 0 Å². The Morgan fingerprint density at radius 1 is 1.33 bits per heavy atom. The number of carbonyl (C=O) groups excluding carboxylic acids is 1. The fourth-order valence-corrected chi connectivity index (χ4v) is 2.08. The van der Waals surface area contributed by atoms with Crippen molar-refractivity contribution in [1.82, 2.24) is 5.32 Å². The van der Waals surface area contributed by atoms with Gasteiger partial charge in [0.25, 0.3) is 0 Å². The van der Waals surface area contributed by atoms with Crippen molar-refractivity contribution < 1.29 is 9.21 Å². The predicted octanol–water partition coefficient (Wildman–Crippen LogP) is 2.04. The minimum absolute atomic E-state index is 0.146. The highest BCUT2D eigenvalue weighted by molar-refractivity contribution is 5.81. The van der Waals surface area contributed by atoms with Crippen molar-refractivity contribution in [1.29, 1.82) is 0 Å². The molecule has 1 fully saturated rings. The first-order valence-electron chi connectivity index (χ1n) is 5.07. The minimum Gasteiger partial charge on any atom is -0.464 e. The van der Waals surface area contributed by atoms with Gasteiger partial charge in [-0.2, -0.15) is 0 Å². The van der Waals surface area contributed by atoms with Crippen LogP contribution in [0.5, 0.6) is 0 Å². The van der Waals surface area contributed by atoms with Crippen LogP contribution in [0.15, 0.2) is 34.9 Å². The van der Waals surface area contributed by atoms with Crippen molar-refractivity contribution in [2.75, 3.05) is 6.54 Å². The van der Waals surface area contributed by atoms with Gasteiger partial charge in [0.05, 0.1) is 6.26 Å². The van der Waals surface area contributed by atoms with E-state index in [1.807, 2.05) is 18.2 Å². The number of benzene rings is 1. The van der Waals surface area contributed by atoms with Gasteiger partial charge in [0.1, 0.15) is 5.58 Å². The van der Waals surface area contributed by atoms with Gasteiger partial charge in [0.2, 0.25) is 5.91 Å². The topological polar surface area (TPSA) is 42.2 Å². The zero-order chi connectivity index (χ0) is 10.3. The molecule has 2 aromatic rings. The molecule has 1 atom stereocenters. The highest BCUT2D eigenvalue weighted by Gasteiger charge is 2.22. The van der Waals surface area contributed by atoms with Gasteiger partial charge in [0, 0.05) is 24.3 Å². The van der Waals surface area contributed by atoms with E-state index in [1.165, 1.54) is 5.56 Å². The third-order valence-electron chi connectivity index (χ3n) is 2.93. The zero-order valence-corrected chi connectivity index (χ0v) is 8.19. The van der Waals surface area contributed by atoms with Crippen LogP contribution in [-0.4, -0.2) is 12.5 Å². The summed E-state index contributed by atoms with van der Waals surface area (Å²) in [6.45, 7) is 0.752. The number of carbonyl (C=O) groups is 1. The first-order chi connectivity index (χ1) is 7.33. The fourth-order valence-electron chi connectivity index (χ4n) is 2.08. The van der Waals surface area contributed by atoms with Crippen molar-refractivity contribution in [3.63, 3.8) is 0 Å². The molecule has 1 amide bonds. The molecular weight excluding hydrogens is 190 g/mol. The van der Waals surface area contributed by atoms with Gasteiger partial charge in [0.15, 0.2) is 0 Å². The summed E-state index contributed by atoms with van der Waals surface area (Å²) in [5.74, 6) is 0.462. The summed E-state index contributed by atoms with van der Waals surface area (Å²) in [4.78, 5) is 11.1. The van der Waals surface area contributed by atoms with Crippen LogP contribution in [0.1, 0.15) is 17.9 Å². The molecule has 1 aliphatic heterocycles. The van der Waals surface area contributed by atoms with Crippen molar-refractivity contribution in [3.8, 4) is 0 Å². The maximum absolute atomic E-state index is 11.1. The molecule has 2 heterocycles. The third-order valence-corrected chi connectivity index (χ3v) is 2.93. The maximum atomic E-state index is 11.1. The molecule has 0 radical (unpaired) electrons. The quantitative estimate of drug-likeness (QED) is 0.767. The van der Waals surface area contributed by atoms with Gasteiger partial charge >= 0.3 is 0 Å². The summed E-state index contributed by atoms with van der Waals surface area (Å²) in [5, 5.41) is 3.95. The lowest BCUT2D eigenvalue weighted by molar-refractivity contribution is -0.119. The van der Waals surface area contributed by atoms with Crippen molar-refractivity contribution in [2.45, 2.75) is 12.3 Å². The number of hydrogen-bond donors (Lipinski definition) is 1. The summed E-state index contributed by atoms with van der Waals surface area (Å²) >= 11 is 0. The molecule has 0 spiro atoms. The molecular formula is C12H11NO2. The lowest BCUT2D eigenvalue weighted by Gasteiger charge is -2.06. The van der Waals surface area contributed by atoms with Crippen LogP contribution in [0.25, 0.3) is 11.0 Å². The molecule has 3 nitrogen and oxygen atoms in total. The van der Waals surface area contributed by atoms with Crippen LogP contribution in [0.4, 0.5) is 0 Å². The van der Waals surface area contributed by atoms with Gasteiger partial charge in [-0.25, -0.2) is 0 Å². The number of rotatable bonds is 1. The number of amides is 1. The van der Waals surface area contributed by atoms with E-state index < -0.39 is 0 Å². The Bertz CT molecular complexity index is 515. The Labute approximate surface area is 87.1 Å². The monoisotopic (exact) mass is 201 g/mol. The largest absolute Gasteiger partial charge is 0.464 e. The average molecular weight is 201 g/mol. The normalized spacial score (nSPS) is 20.8. The molecule has 0 aliphatic carbocycles. The van der Waals surface area contributed by atoms with Crippen molar-refractivity contribution in [3.05, 3.63) is 36.1 Å². The summed E-state index contributed by atoms with van der Waals surface area (Å²) < 4.78 is 5.27. The smallest absolute Gasteiger partial charge is 0.220 e. The van der Waals surface area contributed by atoms with Gasteiger partial charge < -0.3 is 9.73 Å². The molecule has 1 aromatic carbocycles. The lowest BCUT2D eigenvalue weighted by atomic mass is 9.97. The second-order valence-electron chi connectivity index (χ2n) is 3.92. The van der Waals surface area contributed by atoms with E-state index in [2.05, 4.69) is 11.4 Å². The molecule has 1 aliphatic rings. The molecule has 0 bridgehead atoms. The zero-order valence-electron chi connectivity index (χ0n) is 8.19. The van der Waals surface area contributed by atoms with Gasteiger partial charge in [-0.3, -0.25) is 4.79 Å². The number of hydrogen-bond acceptors (Lipinski definition) is 2. The fraction of sp³-hybridized carbons (Fsp3) is 0.250. The average Bonchev–Trinajstić information content (AvgIpc) is 2.84. The molecule has 1 N–H and O–H groups in total. The van der Waals surface area contributed by atoms with Crippen LogP contribution in [0.2, 0.25) is 0 Å². The van der Waals surface area contributed by atoms with E-state index >= 15 is 0 Å². The number of nitrogens with one attached hydrogen (secondary N) is 1. The molecule has 0 saturated carbocycles. The summed E-state index contributed by atoms with van der Waals surface area (Å²) in [7, 11) is 0. The summed E-state index contributed by atoms with van der Waals surface area (Å²) in [6, 6.07) is 8.05. The van der Waals surface area contributed by atoms with Gasteiger partial charge in [-0.1, -0.05) is 6.07 Å². The number of furan rings is 1. The Hall–Kier alpha value is -1.77. The van der Waals surface area contributed by atoms with E-state index in [0.717, 1.165) is 17.5 Å². The van der Waals surface area contributed by atoms with Crippen LogP contribution >= 0.6 is 0 Å². The van der Waals surface area contributed by atoms with Crippen molar-refractivity contribution >= 4 is 16.9 Å². The lowest BCUT2D eigenvalue weighted by Crippen LogP contribution is -2.13. The van der Waals surface area contributed by atoms with Crippen LogP contribution in [-0.2, 0) is 4.79 Å². The molecule has 1 saturated heterocycles. The highest BCUT2D eigenvalue weighted by atomic mass is 16.3. The van der Waals surface area contributed by atoms with E-state index in [-0.39, 0.29) is 5.91 Å². The molecule has 3 heteroatoms. The maximum Gasteiger partial charge on any atom is 0.220 e. The van der Waals surface area contributed by atoms with E-state index in [0.29, 0.717) is 12.3 Å². The number of fused-ring (bicyclic) bond motifs is 1. The predicted molar refractivity (Wildman–Crippen MR) is 56.6 cm³/mol. The first kappa shape index (κ1) is 8.53. The van der Waals surface area contributed by atoms with Gasteiger partial charge in [-0.15, -0.1) is 0 Å². The standard InChI is InChI=1S/C12H11NO2/c14-12-6-10(7-13-12)8-1-2-11-9(5-8)3-4-15-11/h1-5,10H,6-7H2,(H,13,14). The summed E-state index contributed by atoms with van der Waals surface area (Å²) in [5.41, 5.74) is 2.11. The van der Waals surface area contributed by atoms with E-state index in [1.54, 1.807) is 6.26 Å². The third kappa shape index (κ3) is 1.40. The Morgan fingerprint density at radius 3 is 3.07 bits per heavy atom. The molecule has 15 heavy (non-hydrogen) atoms. The molecule has 3 rings (SSSR count). The molecule has 1 unspecified atom stereocenters. The van der Waals surface area contributed by atoms with Crippen molar-refractivity contribution in [2.24, 2.45) is 0 Å². The first-order valence-corrected chi connectivity index (χ1v) is 5.07. The molecule has 76 valence electrons. The minimum atomic E-state index is 0.146. The van der Waals surface area contributed by atoms with Crippen LogP contribution < -0.4 is 5.32 Å². The molecule has 1 aromatic heterocycles. The Morgan fingerprint density at radius 2 is 2.27 bits per heavy atom. The Balaban J connectivity index is 2.00. The van der Waals surface area contributed by atoms with Crippen LogP contribution in [0, 0.1) is 0 Å². The SMILES string of the molecule is O=C1CC(c2ccc3occc3c2)CN1. The highest BCUT2D eigenvalue weighted by Crippen LogP contribution is 2.26. The summed E-state index contributed by atoms with van der Waals surface area (Å²) in [6.07, 6.45) is 2.29. The van der Waals surface area contributed by atoms with Gasteiger partial charge in [-0.05, 0) is 23.8 Å².